The topological polar surface area (TPSA) is 114 Å². The van der Waals surface area contributed by atoms with Gasteiger partial charge in [0, 0.05) is 24.2 Å². The molecule has 9 heteroatoms. The molecule has 0 aromatic heterocycles. The Hall–Kier alpha value is -3.88. The molecule has 1 heterocycles. The van der Waals surface area contributed by atoms with Gasteiger partial charge in [0.05, 0.1) is 13.0 Å². The van der Waals surface area contributed by atoms with Crippen molar-refractivity contribution in [2.45, 2.75) is 6.42 Å². The first-order chi connectivity index (χ1) is 14.5. The molecule has 0 aliphatic carbocycles. The molecule has 30 heavy (non-hydrogen) atoms. The van der Waals surface area contributed by atoms with Crippen molar-refractivity contribution in [1.82, 2.24) is 10.9 Å². The fraction of sp³-hybridized carbons (Fsp3) is 0.238. The molecule has 0 saturated carbocycles. The molecule has 0 unspecified atom stereocenters. The highest BCUT2D eigenvalue weighted by Crippen LogP contribution is 2.27. The third-order valence-corrected chi connectivity index (χ3v) is 4.54. The number of hydrogen-bond acceptors (Lipinski definition) is 6. The normalized spacial score (nSPS) is 15.4. The van der Waals surface area contributed by atoms with Gasteiger partial charge >= 0.3 is 5.97 Å². The Kier molecular flexibility index (Phi) is 6.63. The van der Waals surface area contributed by atoms with Gasteiger partial charge in [0.1, 0.15) is 5.75 Å². The molecule has 2 N–H and O–H groups in total. The number of hydrogen-bond donors (Lipinski definition) is 2. The molecular weight excluding hydrogens is 390 g/mol. The molecule has 156 valence electrons. The Morgan fingerprint density at radius 2 is 1.73 bits per heavy atom. The zero-order valence-electron chi connectivity index (χ0n) is 16.3. The molecule has 3 rings (SSSR count). The van der Waals surface area contributed by atoms with Crippen LogP contribution in [0.5, 0.6) is 5.75 Å². The van der Waals surface area contributed by atoms with Crippen LogP contribution in [0.25, 0.3) is 0 Å². The third kappa shape index (κ3) is 5.13. The van der Waals surface area contributed by atoms with Crippen LogP contribution in [0.2, 0.25) is 0 Å². The minimum Gasteiger partial charge on any atom is -0.497 e. The molecule has 2 aromatic carbocycles. The predicted molar refractivity (Wildman–Crippen MR) is 106 cm³/mol. The molecule has 1 aliphatic rings. The van der Waals surface area contributed by atoms with Gasteiger partial charge in [0.15, 0.2) is 6.61 Å². The molecule has 0 bridgehead atoms. The van der Waals surface area contributed by atoms with Gasteiger partial charge < -0.3 is 14.4 Å². The fourth-order valence-corrected chi connectivity index (χ4v) is 2.96. The van der Waals surface area contributed by atoms with Crippen LogP contribution in [0.15, 0.2) is 54.6 Å². The maximum atomic E-state index is 12.3. The first kappa shape index (κ1) is 20.8. The standard InChI is InChI=1S/C21H21N3O6/c1-29-17-9-7-16(8-10-17)24-12-15(11-19(24)26)21(28)30-13-18(25)22-23-20(27)14-5-3-2-4-6-14/h2-10,15H,11-13H2,1H3,(H,22,25)(H,23,27)/t15-/m1/s1. The van der Waals surface area contributed by atoms with Crippen molar-refractivity contribution < 1.29 is 28.7 Å². The Bertz CT molecular complexity index is 930. The number of nitrogens with zero attached hydrogens (tertiary/aromatic N) is 1. The van der Waals surface area contributed by atoms with Crippen LogP contribution in [0.1, 0.15) is 16.8 Å². The van der Waals surface area contributed by atoms with Crippen molar-refractivity contribution in [3.63, 3.8) is 0 Å². The number of amides is 3. The number of esters is 1. The SMILES string of the molecule is COc1ccc(N2C[C@H](C(=O)OCC(=O)NNC(=O)c3ccccc3)CC2=O)cc1. The second-order valence-corrected chi connectivity index (χ2v) is 6.58. The van der Waals surface area contributed by atoms with Gasteiger partial charge in [-0.1, -0.05) is 18.2 Å². The molecule has 2 aromatic rings. The second kappa shape index (κ2) is 9.55. The van der Waals surface area contributed by atoms with E-state index >= 15 is 0 Å². The van der Waals surface area contributed by atoms with Crippen molar-refractivity contribution in [3.8, 4) is 5.75 Å². The Morgan fingerprint density at radius 1 is 1.03 bits per heavy atom. The summed E-state index contributed by atoms with van der Waals surface area (Å²) < 4.78 is 10.1. The van der Waals surface area contributed by atoms with Crippen molar-refractivity contribution >= 4 is 29.4 Å². The summed E-state index contributed by atoms with van der Waals surface area (Å²) in [7, 11) is 1.55. The third-order valence-electron chi connectivity index (χ3n) is 4.54. The van der Waals surface area contributed by atoms with Crippen molar-refractivity contribution in [1.29, 1.82) is 0 Å². The number of carbonyl (C=O) groups excluding carboxylic acids is 4. The Morgan fingerprint density at radius 3 is 2.40 bits per heavy atom. The summed E-state index contributed by atoms with van der Waals surface area (Å²) >= 11 is 0. The highest BCUT2D eigenvalue weighted by atomic mass is 16.5. The van der Waals surface area contributed by atoms with Crippen LogP contribution in [0.4, 0.5) is 5.69 Å². The summed E-state index contributed by atoms with van der Waals surface area (Å²) in [6.45, 7) is -0.405. The number of rotatable bonds is 6. The highest BCUT2D eigenvalue weighted by Gasteiger charge is 2.36. The van der Waals surface area contributed by atoms with Crippen LogP contribution in [0, 0.1) is 5.92 Å². The molecule has 1 aliphatic heterocycles. The fourth-order valence-electron chi connectivity index (χ4n) is 2.96. The van der Waals surface area contributed by atoms with E-state index in [4.69, 9.17) is 9.47 Å². The van der Waals surface area contributed by atoms with E-state index in [1.807, 2.05) is 0 Å². The van der Waals surface area contributed by atoms with Gasteiger partial charge in [0.2, 0.25) is 5.91 Å². The second-order valence-electron chi connectivity index (χ2n) is 6.58. The number of benzene rings is 2. The van der Waals surface area contributed by atoms with E-state index < -0.39 is 30.3 Å². The minimum atomic E-state index is -0.691. The number of hydrazine groups is 1. The van der Waals surface area contributed by atoms with Crippen molar-refractivity contribution in [3.05, 3.63) is 60.2 Å². The zero-order chi connectivity index (χ0) is 21.5. The summed E-state index contributed by atoms with van der Waals surface area (Å²) in [6.07, 6.45) is -0.00275. The molecule has 1 saturated heterocycles. The molecule has 0 radical (unpaired) electrons. The van der Waals surface area contributed by atoms with Gasteiger partial charge in [0.25, 0.3) is 11.8 Å². The lowest BCUT2D eigenvalue weighted by Gasteiger charge is -2.17. The quantitative estimate of drug-likeness (QED) is 0.543. The molecule has 0 spiro atoms. The number of anilines is 1. The molecule has 1 atom stereocenters. The summed E-state index contributed by atoms with van der Waals surface area (Å²) in [6, 6.07) is 15.2. The summed E-state index contributed by atoms with van der Waals surface area (Å²) in [4.78, 5) is 49.7. The van der Waals surface area contributed by atoms with Crippen molar-refractivity contribution in [2.75, 3.05) is 25.2 Å². The Labute approximate surface area is 172 Å². The number of ether oxygens (including phenoxy) is 2. The van der Waals surface area contributed by atoms with Gasteiger partial charge in [-0.05, 0) is 36.4 Å². The Balaban J connectivity index is 1.45. The smallest absolute Gasteiger partial charge is 0.311 e. The maximum Gasteiger partial charge on any atom is 0.311 e. The maximum absolute atomic E-state index is 12.3. The van der Waals surface area contributed by atoms with Gasteiger partial charge in [-0.15, -0.1) is 0 Å². The minimum absolute atomic E-state index is 0.00275. The van der Waals surface area contributed by atoms with Crippen LogP contribution < -0.4 is 20.5 Å². The monoisotopic (exact) mass is 411 g/mol. The summed E-state index contributed by atoms with van der Waals surface area (Å²) in [5.41, 5.74) is 5.43. The van der Waals surface area contributed by atoms with E-state index in [0.717, 1.165) is 0 Å². The van der Waals surface area contributed by atoms with E-state index in [1.54, 1.807) is 61.7 Å². The number of methoxy groups -OCH3 is 1. The van der Waals surface area contributed by atoms with Crippen LogP contribution in [-0.4, -0.2) is 44.0 Å². The van der Waals surface area contributed by atoms with Gasteiger partial charge in [-0.2, -0.15) is 0 Å². The van der Waals surface area contributed by atoms with Crippen molar-refractivity contribution in [2.24, 2.45) is 5.92 Å². The largest absolute Gasteiger partial charge is 0.497 e. The first-order valence-electron chi connectivity index (χ1n) is 9.23. The predicted octanol–water partition coefficient (Wildman–Crippen LogP) is 1.05. The number of carbonyl (C=O) groups is 4. The van der Waals surface area contributed by atoms with Crippen LogP contribution >= 0.6 is 0 Å². The molecular formula is C21H21N3O6. The zero-order valence-corrected chi connectivity index (χ0v) is 16.3. The number of nitrogens with one attached hydrogen (secondary N) is 2. The average Bonchev–Trinajstić information content (AvgIpc) is 3.18. The summed E-state index contributed by atoms with van der Waals surface area (Å²) in [5.74, 6) is -2.06. The molecule has 9 nitrogen and oxygen atoms in total. The van der Waals surface area contributed by atoms with Gasteiger partial charge in [-0.25, -0.2) is 0 Å². The van der Waals surface area contributed by atoms with E-state index in [9.17, 15) is 19.2 Å². The van der Waals surface area contributed by atoms with E-state index in [2.05, 4.69) is 10.9 Å². The average molecular weight is 411 g/mol. The highest BCUT2D eigenvalue weighted by molar-refractivity contribution is 6.00. The lowest BCUT2D eigenvalue weighted by molar-refractivity contribution is -0.152. The molecule has 1 fully saturated rings. The molecule has 3 amide bonds. The van der Waals surface area contributed by atoms with E-state index in [0.29, 0.717) is 17.0 Å². The van der Waals surface area contributed by atoms with E-state index in [1.165, 1.54) is 4.90 Å². The lowest BCUT2D eigenvalue weighted by Crippen LogP contribution is -2.43. The first-order valence-corrected chi connectivity index (χ1v) is 9.23. The summed E-state index contributed by atoms with van der Waals surface area (Å²) in [5, 5.41) is 0. The van der Waals surface area contributed by atoms with Crippen LogP contribution in [0.3, 0.4) is 0 Å². The lowest BCUT2D eigenvalue weighted by atomic mass is 10.1. The van der Waals surface area contributed by atoms with Gasteiger partial charge in [-0.3, -0.25) is 30.0 Å². The van der Waals surface area contributed by atoms with E-state index in [-0.39, 0.29) is 18.9 Å². The van der Waals surface area contributed by atoms with Crippen LogP contribution in [-0.2, 0) is 19.1 Å².